The summed E-state index contributed by atoms with van der Waals surface area (Å²) < 4.78 is 0. The van der Waals surface area contributed by atoms with Crippen LogP contribution in [0.2, 0.25) is 0 Å². The summed E-state index contributed by atoms with van der Waals surface area (Å²) >= 11 is 0. The Bertz CT molecular complexity index is 358. The Morgan fingerprint density at radius 2 is 1.95 bits per heavy atom. The fourth-order valence-electron chi connectivity index (χ4n) is 2.59. The maximum absolute atomic E-state index is 10.2. The predicted molar refractivity (Wildman–Crippen MR) is 77.7 cm³/mol. The summed E-state index contributed by atoms with van der Waals surface area (Å²) in [6.07, 6.45) is 5.90. The highest BCUT2D eigenvalue weighted by molar-refractivity contribution is 5.50. The minimum absolute atomic E-state index is 0.576. The average molecular weight is 259 g/mol. The van der Waals surface area contributed by atoms with Gasteiger partial charge < -0.3 is 10.2 Å². The summed E-state index contributed by atoms with van der Waals surface area (Å²) in [5, 5.41) is 3.64. The predicted octanol–water partition coefficient (Wildman–Crippen LogP) is 2.13. The minimum Gasteiger partial charge on any atom is -0.310 e. The van der Waals surface area contributed by atoms with Crippen LogP contribution in [-0.2, 0) is 11.3 Å². The molecular weight excluding hydrogens is 236 g/mol. The van der Waals surface area contributed by atoms with E-state index in [2.05, 4.69) is 40.5 Å². The van der Waals surface area contributed by atoms with Gasteiger partial charge in [0.25, 0.3) is 0 Å². The van der Waals surface area contributed by atoms with Crippen molar-refractivity contribution in [3.63, 3.8) is 0 Å². The van der Waals surface area contributed by atoms with E-state index in [0.29, 0.717) is 12.5 Å². The van der Waals surface area contributed by atoms with E-state index in [0.717, 1.165) is 32.6 Å². The maximum Gasteiger partial charge on any atom is 0.198 e. The number of carbonyl (C=O) groups excluding carboxylic acids is 1. The highest BCUT2D eigenvalue weighted by atomic mass is 16.1. The third-order valence-corrected chi connectivity index (χ3v) is 3.78. The van der Waals surface area contributed by atoms with Crippen LogP contribution in [0.1, 0.15) is 31.2 Å². The molecular formula is C16H23N2O. The van der Waals surface area contributed by atoms with Crippen molar-refractivity contribution >= 4 is 6.29 Å². The highest BCUT2D eigenvalue weighted by Gasteiger charge is 2.17. The van der Waals surface area contributed by atoms with E-state index >= 15 is 0 Å². The molecule has 0 atom stereocenters. The van der Waals surface area contributed by atoms with Gasteiger partial charge in [-0.15, -0.1) is 0 Å². The first kappa shape index (κ1) is 14.2. The summed E-state index contributed by atoms with van der Waals surface area (Å²) in [4.78, 5) is 12.6. The van der Waals surface area contributed by atoms with E-state index in [1.807, 2.05) is 6.29 Å². The molecule has 0 bridgehead atoms. The molecule has 0 aliphatic carbocycles. The Labute approximate surface area is 116 Å². The Morgan fingerprint density at radius 1 is 1.21 bits per heavy atom. The number of hydrogen-bond donors (Lipinski definition) is 1. The van der Waals surface area contributed by atoms with Gasteiger partial charge in [0.05, 0.1) is 0 Å². The Hall–Kier alpha value is -1.19. The third kappa shape index (κ3) is 5.13. The lowest BCUT2D eigenvalue weighted by Crippen LogP contribution is -2.42. The van der Waals surface area contributed by atoms with Crippen LogP contribution < -0.4 is 5.32 Å². The first-order chi connectivity index (χ1) is 9.38. The van der Waals surface area contributed by atoms with E-state index in [-0.39, 0.29) is 0 Å². The van der Waals surface area contributed by atoms with Crippen molar-refractivity contribution in [2.75, 3.05) is 19.6 Å². The molecule has 1 aromatic carbocycles. The number of benzene rings is 1. The number of likely N-dealkylation sites (tertiary alicyclic amines) is 1. The van der Waals surface area contributed by atoms with Gasteiger partial charge in [0, 0.05) is 19.0 Å². The summed E-state index contributed by atoms with van der Waals surface area (Å²) in [6, 6.07) is 11.2. The van der Waals surface area contributed by atoms with E-state index < -0.39 is 0 Å². The monoisotopic (exact) mass is 259 g/mol. The molecule has 0 amide bonds. The fourth-order valence-corrected chi connectivity index (χ4v) is 2.59. The summed E-state index contributed by atoms with van der Waals surface area (Å²) in [6.45, 7) is 4.29. The normalized spacial score (nSPS) is 17.5. The van der Waals surface area contributed by atoms with Crippen LogP contribution in [-0.4, -0.2) is 36.9 Å². The first-order valence-corrected chi connectivity index (χ1v) is 7.23. The van der Waals surface area contributed by atoms with Gasteiger partial charge in [-0.1, -0.05) is 30.3 Å². The van der Waals surface area contributed by atoms with Crippen molar-refractivity contribution in [3.8, 4) is 0 Å². The smallest absolute Gasteiger partial charge is 0.198 e. The largest absolute Gasteiger partial charge is 0.310 e. The Kier molecular flexibility index (Phi) is 6.05. The van der Waals surface area contributed by atoms with Gasteiger partial charge in [0.2, 0.25) is 0 Å². The lowest BCUT2D eigenvalue weighted by molar-refractivity contribution is 0.196. The van der Waals surface area contributed by atoms with E-state index in [1.165, 1.54) is 18.4 Å². The molecule has 1 N–H and O–H groups in total. The van der Waals surface area contributed by atoms with Crippen molar-refractivity contribution < 1.29 is 4.79 Å². The van der Waals surface area contributed by atoms with E-state index in [4.69, 9.17) is 0 Å². The molecule has 1 radical (unpaired) electrons. The van der Waals surface area contributed by atoms with Crippen molar-refractivity contribution in [3.05, 3.63) is 35.9 Å². The molecule has 0 spiro atoms. The Balaban J connectivity index is 1.62. The van der Waals surface area contributed by atoms with Crippen molar-refractivity contribution in [1.29, 1.82) is 0 Å². The van der Waals surface area contributed by atoms with Crippen molar-refractivity contribution in [2.24, 2.45) is 0 Å². The summed E-state index contributed by atoms with van der Waals surface area (Å²) in [5.74, 6) is 0. The topological polar surface area (TPSA) is 32.3 Å². The molecule has 1 aliphatic rings. The lowest BCUT2D eigenvalue weighted by atomic mass is 10.0. The number of unbranched alkanes of at least 4 members (excludes halogenated alkanes) is 1. The molecule has 1 aliphatic heterocycles. The molecule has 3 nitrogen and oxygen atoms in total. The second-order valence-corrected chi connectivity index (χ2v) is 5.23. The molecule has 2 rings (SSSR count). The third-order valence-electron chi connectivity index (χ3n) is 3.78. The number of piperidine rings is 1. The van der Waals surface area contributed by atoms with Gasteiger partial charge in [-0.05, 0) is 44.5 Å². The molecule has 0 aromatic heterocycles. The molecule has 0 saturated carbocycles. The number of nitrogens with zero attached hydrogens (tertiary/aromatic N) is 1. The molecule has 1 heterocycles. The van der Waals surface area contributed by atoms with Gasteiger partial charge in [-0.3, -0.25) is 4.79 Å². The Morgan fingerprint density at radius 3 is 2.63 bits per heavy atom. The zero-order chi connectivity index (χ0) is 13.3. The average Bonchev–Trinajstić information content (AvgIpc) is 2.48. The minimum atomic E-state index is 0.576. The van der Waals surface area contributed by atoms with Crippen LogP contribution in [0.4, 0.5) is 0 Å². The van der Waals surface area contributed by atoms with Crippen molar-refractivity contribution in [2.45, 2.75) is 38.3 Å². The second-order valence-electron chi connectivity index (χ2n) is 5.23. The molecule has 0 unspecified atom stereocenters. The van der Waals surface area contributed by atoms with Gasteiger partial charge in [0.1, 0.15) is 0 Å². The van der Waals surface area contributed by atoms with Crippen LogP contribution in [0.3, 0.4) is 0 Å². The summed E-state index contributed by atoms with van der Waals surface area (Å²) in [5.41, 5.74) is 1.35. The number of hydrogen-bond acceptors (Lipinski definition) is 3. The standard InChI is InChI=1S/C16H23N2O/c19-13-5-4-10-18-11-8-16(9-12-18)17-14-15-6-2-1-3-7-15/h1-3,6-7,16-17H,4-5,8-12,14H2. The molecule has 103 valence electrons. The molecule has 1 fully saturated rings. The fraction of sp³-hybridized carbons (Fsp3) is 0.562. The molecule has 3 heteroatoms. The number of nitrogens with one attached hydrogen (secondary N) is 1. The number of rotatable bonds is 7. The molecule has 1 saturated heterocycles. The quantitative estimate of drug-likeness (QED) is 0.761. The van der Waals surface area contributed by atoms with Gasteiger partial charge in [0.15, 0.2) is 6.29 Å². The van der Waals surface area contributed by atoms with Gasteiger partial charge in [-0.2, -0.15) is 0 Å². The maximum atomic E-state index is 10.2. The lowest BCUT2D eigenvalue weighted by Gasteiger charge is -2.32. The van der Waals surface area contributed by atoms with Crippen molar-refractivity contribution in [1.82, 2.24) is 10.2 Å². The highest BCUT2D eigenvalue weighted by Crippen LogP contribution is 2.11. The van der Waals surface area contributed by atoms with Crippen LogP contribution in [0.25, 0.3) is 0 Å². The van der Waals surface area contributed by atoms with Gasteiger partial charge in [-0.25, -0.2) is 0 Å². The zero-order valence-electron chi connectivity index (χ0n) is 11.5. The van der Waals surface area contributed by atoms with Crippen LogP contribution in [0, 0.1) is 0 Å². The van der Waals surface area contributed by atoms with Crippen LogP contribution in [0.5, 0.6) is 0 Å². The van der Waals surface area contributed by atoms with E-state index in [1.54, 1.807) is 0 Å². The van der Waals surface area contributed by atoms with Crippen LogP contribution in [0.15, 0.2) is 30.3 Å². The van der Waals surface area contributed by atoms with Crippen LogP contribution >= 0.6 is 0 Å². The molecule has 1 aromatic rings. The summed E-state index contributed by atoms with van der Waals surface area (Å²) in [7, 11) is 0. The van der Waals surface area contributed by atoms with E-state index in [9.17, 15) is 4.79 Å². The SMILES string of the molecule is O=[C]CCCN1CCC(NCc2ccccc2)CC1. The first-order valence-electron chi connectivity index (χ1n) is 7.23. The second kappa shape index (κ2) is 8.08. The van der Waals surface area contributed by atoms with Gasteiger partial charge >= 0.3 is 0 Å². The molecule has 19 heavy (non-hydrogen) atoms. The zero-order valence-corrected chi connectivity index (χ0v) is 11.5.